The molecule has 1 saturated heterocycles. The topological polar surface area (TPSA) is 74.7 Å². The fourth-order valence-corrected chi connectivity index (χ4v) is 4.51. The van der Waals surface area contributed by atoms with E-state index in [1.54, 1.807) is 0 Å². The minimum atomic E-state index is -3.44. The number of piperidine rings is 1. The maximum absolute atomic E-state index is 13.3. The van der Waals surface area contributed by atoms with Gasteiger partial charge in [0.25, 0.3) is 16.1 Å². The lowest BCUT2D eigenvalue weighted by Gasteiger charge is -2.36. The fraction of sp³-hybridized carbons (Fsp3) is 0.550. The number of likely N-dealkylation sites (tertiary alicyclic amines) is 1. The molecule has 1 amide bonds. The molecule has 1 unspecified atom stereocenters. The van der Waals surface area contributed by atoms with Crippen LogP contribution in [0.3, 0.4) is 0 Å². The van der Waals surface area contributed by atoms with Gasteiger partial charge in [0.05, 0.1) is 0 Å². The maximum Gasteiger partial charge on any atom is 0.278 e. The van der Waals surface area contributed by atoms with Gasteiger partial charge in [0.1, 0.15) is 5.69 Å². The lowest BCUT2D eigenvalue weighted by molar-refractivity contribution is 0.0594. The van der Waals surface area contributed by atoms with Crippen LogP contribution in [-0.4, -0.2) is 61.3 Å². The molecule has 0 radical (unpaired) electrons. The van der Waals surface area contributed by atoms with Crippen molar-refractivity contribution in [2.45, 2.75) is 38.6 Å². The highest BCUT2D eigenvalue weighted by Crippen LogP contribution is 2.25. The molecule has 0 bridgehead atoms. The summed E-state index contributed by atoms with van der Waals surface area (Å²) in [4.78, 5) is 15.2. The molecule has 28 heavy (non-hydrogen) atoms. The van der Waals surface area contributed by atoms with Crippen LogP contribution in [0.5, 0.6) is 0 Å². The van der Waals surface area contributed by atoms with Crippen LogP contribution in [0.25, 0.3) is 10.9 Å². The van der Waals surface area contributed by atoms with Crippen LogP contribution >= 0.6 is 0 Å². The molecule has 2 aromatic rings. The molecule has 0 saturated carbocycles. The Morgan fingerprint density at radius 1 is 1.25 bits per heavy atom. The number of rotatable bonds is 6. The maximum atomic E-state index is 13.3. The van der Waals surface area contributed by atoms with Gasteiger partial charge >= 0.3 is 0 Å². The van der Waals surface area contributed by atoms with Gasteiger partial charge in [-0.2, -0.15) is 12.7 Å². The molecule has 8 heteroatoms. The third-order valence-electron chi connectivity index (χ3n) is 5.55. The molecule has 1 N–H and O–H groups in total. The van der Waals surface area contributed by atoms with Crippen molar-refractivity contribution < 1.29 is 13.2 Å². The highest BCUT2D eigenvalue weighted by atomic mass is 32.2. The van der Waals surface area contributed by atoms with Gasteiger partial charge in [0.2, 0.25) is 0 Å². The standard InChI is InChI=1S/C20H30N4O3S/c1-15-8-9-18-16(13-15)14-19(23(18)4)20(25)24-12-6-5-7-17(24)10-11-21-28(26,27)22(2)3/h8-9,13-14,17,21H,5-7,10-12H2,1-4H3. The third kappa shape index (κ3) is 4.24. The first-order valence-corrected chi connectivity index (χ1v) is 11.2. The van der Waals surface area contributed by atoms with Gasteiger partial charge in [0, 0.05) is 51.2 Å². The Hall–Kier alpha value is -1.90. The van der Waals surface area contributed by atoms with Crippen LogP contribution in [0, 0.1) is 6.92 Å². The molecular formula is C20H30N4O3S. The monoisotopic (exact) mass is 406 g/mol. The summed E-state index contributed by atoms with van der Waals surface area (Å²) in [6.07, 6.45) is 3.55. The summed E-state index contributed by atoms with van der Waals surface area (Å²) >= 11 is 0. The molecule has 1 aliphatic rings. The number of aryl methyl sites for hydroxylation is 2. The zero-order chi connectivity index (χ0) is 20.5. The second kappa shape index (κ2) is 8.23. The summed E-state index contributed by atoms with van der Waals surface area (Å²) in [5.74, 6) is 0.0246. The molecule has 1 atom stereocenters. The molecule has 1 aromatic heterocycles. The van der Waals surface area contributed by atoms with Gasteiger partial charge in [0.15, 0.2) is 0 Å². The van der Waals surface area contributed by atoms with Crippen LogP contribution in [-0.2, 0) is 17.3 Å². The first-order valence-electron chi connectivity index (χ1n) is 9.75. The number of benzene rings is 1. The second-order valence-corrected chi connectivity index (χ2v) is 9.74. The van der Waals surface area contributed by atoms with Crippen molar-refractivity contribution in [3.05, 3.63) is 35.5 Å². The van der Waals surface area contributed by atoms with Gasteiger partial charge < -0.3 is 9.47 Å². The summed E-state index contributed by atoms with van der Waals surface area (Å²) in [6.45, 7) is 3.08. The van der Waals surface area contributed by atoms with Gasteiger partial charge in [-0.05, 0) is 50.8 Å². The molecule has 1 aromatic carbocycles. The SMILES string of the molecule is Cc1ccc2c(c1)cc(C(=O)N1CCCCC1CCNS(=O)(=O)N(C)C)n2C. The van der Waals surface area contributed by atoms with Crippen molar-refractivity contribution in [2.24, 2.45) is 7.05 Å². The Balaban J connectivity index is 1.76. The quantitative estimate of drug-likeness (QED) is 0.800. The summed E-state index contributed by atoms with van der Waals surface area (Å²) in [5.41, 5.74) is 2.89. The Morgan fingerprint density at radius 2 is 2.00 bits per heavy atom. The molecule has 3 rings (SSSR count). The zero-order valence-corrected chi connectivity index (χ0v) is 17.9. The van der Waals surface area contributed by atoms with Crippen LogP contribution in [0.4, 0.5) is 0 Å². The number of amides is 1. The fourth-order valence-electron chi connectivity index (χ4n) is 3.87. The predicted octanol–water partition coefficient (Wildman–Crippen LogP) is 2.27. The average Bonchev–Trinajstić information content (AvgIpc) is 2.97. The smallest absolute Gasteiger partial charge is 0.278 e. The molecule has 2 heterocycles. The van der Waals surface area contributed by atoms with Crippen LogP contribution < -0.4 is 4.72 Å². The Bertz CT molecular complexity index is 965. The largest absolute Gasteiger partial charge is 0.340 e. The lowest BCUT2D eigenvalue weighted by Crippen LogP contribution is -2.46. The Kier molecular flexibility index (Phi) is 6.12. The Labute approximate surface area is 167 Å². The molecule has 1 aliphatic heterocycles. The highest BCUT2D eigenvalue weighted by molar-refractivity contribution is 7.87. The average molecular weight is 407 g/mol. The molecule has 7 nitrogen and oxygen atoms in total. The van der Waals surface area contributed by atoms with Gasteiger partial charge in [-0.3, -0.25) is 4.79 Å². The zero-order valence-electron chi connectivity index (χ0n) is 17.1. The Morgan fingerprint density at radius 3 is 2.71 bits per heavy atom. The first-order chi connectivity index (χ1) is 13.2. The molecular weight excluding hydrogens is 376 g/mol. The number of hydrogen-bond donors (Lipinski definition) is 1. The van der Waals surface area contributed by atoms with E-state index in [0.717, 1.165) is 34.5 Å². The highest BCUT2D eigenvalue weighted by Gasteiger charge is 2.29. The minimum Gasteiger partial charge on any atom is -0.340 e. The molecule has 1 fully saturated rings. The van der Waals surface area contributed by atoms with E-state index >= 15 is 0 Å². The number of nitrogens with zero attached hydrogens (tertiary/aromatic N) is 3. The van der Waals surface area contributed by atoms with E-state index in [-0.39, 0.29) is 11.9 Å². The number of hydrogen-bond acceptors (Lipinski definition) is 3. The minimum absolute atomic E-state index is 0.0246. The van der Waals surface area contributed by atoms with Crippen molar-refractivity contribution in [3.8, 4) is 0 Å². The third-order valence-corrected chi connectivity index (χ3v) is 7.08. The van der Waals surface area contributed by atoms with Crippen LogP contribution in [0.1, 0.15) is 41.7 Å². The number of aromatic nitrogens is 1. The summed E-state index contributed by atoms with van der Waals surface area (Å²) < 4.78 is 29.5. The number of carbonyl (C=O) groups is 1. The van der Waals surface area contributed by atoms with Crippen LogP contribution in [0.2, 0.25) is 0 Å². The van der Waals surface area contributed by atoms with E-state index in [2.05, 4.69) is 16.9 Å². The van der Waals surface area contributed by atoms with Gasteiger partial charge in [-0.25, -0.2) is 4.72 Å². The van der Waals surface area contributed by atoms with Crippen molar-refractivity contribution in [1.82, 2.24) is 18.5 Å². The van der Waals surface area contributed by atoms with Gasteiger partial charge in [-0.15, -0.1) is 0 Å². The lowest BCUT2D eigenvalue weighted by atomic mass is 9.99. The van der Waals surface area contributed by atoms with E-state index in [9.17, 15) is 13.2 Å². The first kappa shape index (κ1) is 20.8. The predicted molar refractivity (Wildman–Crippen MR) is 112 cm³/mol. The van der Waals surface area contributed by atoms with Crippen LogP contribution in [0.15, 0.2) is 24.3 Å². The van der Waals surface area contributed by atoms with E-state index < -0.39 is 10.2 Å². The second-order valence-electron chi connectivity index (χ2n) is 7.77. The summed E-state index contributed by atoms with van der Waals surface area (Å²) in [5, 5.41) is 1.07. The summed E-state index contributed by atoms with van der Waals surface area (Å²) in [6, 6.07) is 8.20. The van der Waals surface area contributed by atoms with Crippen molar-refractivity contribution >= 4 is 27.0 Å². The van der Waals surface area contributed by atoms with Crippen molar-refractivity contribution in [2.75, 3.05) is 27.2 Å². The molecule has 0 aliphatic carbocycles. The van der Waals surface area contributed by atoms with Gasteiger partial charge in [-0.1, -0.05) is 11.6 Å². The normalized spacial score (nSPS) is 18.2. The van der Waals surface area contributed by atoms with Crippen molar-refractivity contribution in [1.29, 1.82) is 0 Å². The van der Waals surface area contributed by atoms with E-state index in [1.807, 2.05) is 35.6 Å². The summed E-state index contributed by atoms with van der Waals surface area (Å²) in [7, 11) is 1.49. The molecule has 154 valence electrons. The molecule has 0 spiro atoms. The van der Waals surface area contributed by atoms with E-state index in [4.69, 9.17) is 0 Å². The number of carbonyl (C=O) groups excluding carboxylic acids is 1. The number of nitrogens with one attached hydrogen (secondary N) is 1. The van der Waals surface area contributed by atoms with E-state index in [1.165, 1.54) is 19.7 Å². The van der Waals surface area contributed by atoms with Crippen molar-refractivity contribution in [3.63, 3.8) is 0 Å². The van der Waals surface area contributed by atoms with E-state index in [0.29, 0.717) is 25.2 Å². The number of fused-ring (bicyclic) bond motifs is 1.